The van der Waals surface area contributed by atoms with E-state index in [1.807, 2.05) is 12.1 Å². The third-order valence-corrected chi connectivity index (χ3v) is 10.8. The zero-order chi connectivity index (χ0) is 21.1. The molecule has 1 heterocycles. The summed E-state index contributed by atoms with van der Waals surface area (Å²) in [6.45, 7) is 11.0. The molecule has 5 heteroatoms. The lowest BCUT2D eigenvalue weighted by molar-refractivity contribution is -0.170. The van der Waals surface area contributed by atoms with Gasteiger partial charge in [0.1, 0.15) is 11.7 Å². The van der Waals surface area contributed by atoms with Gasteiger partial charge in [-0.15, -0.1) is 6.58 Å². The second-order valence-corrected chi connectivity index (χ2v) is 13.0. The topological polar surface area (TPSA) is 47.9 Å². The highest BCUT2D eigenvalue weighted by Crippen LogP contribution is 2.39. The Hall–Kier alpha value is -1.76. The summed E-state index contributed by atoms with van der Waals surface area (Å²) in [5.41, 5.74) is -0.785. The van der Waals surface area contributed by atoms with E-state index in [2.05, 4.69) is 75.9 Å². The minimum absolute atomic E-state index is 0.129. The summed E-state index contributed by atoms with van der Waals surface area (Å²) in [4.78, 5) is 0. The Morgan fingerprint density at radius 2 is 1.62 bits per heavy atom. The molecule has 0 bridgehead atoms. The first-order valence-electron chi connectivity index (χ1n) is 10.1. The van der Waals surface area contributed by atoms with Crippen molar-refractivity contribution in [2.75, 3.05) is 13.7 Å². The molecule has 3 atom stereocenters. The van der Waals surface area contributed by atoms with E-state index in [4.69, 9.17) is 13.9 Å². The van der Waals surface area contributed by atoms with Gasteiger partial charge in [-0.25, -0.2) is 0 Å². The molecule has 2 aromatic carbocycles. The van der Waals surface area contributed by atoms with Crippen LogP contribution in [0.25, 0.3) is 0 Å². The average Bonchev–Trinajstić information content (AvgIpc) is 3.05. The number of aliphatic hydroxyl groups is 1. The van der Waals surface area contributed by atoms with Gasteiger partial charge in [0.25, 0.3) is 8.32 Å². The molecule has 156 valence electrons. The van der Waals surface area contributed by atoms with E-state index in [1.54, 1.807) is 6.08 Å². The van der Waals surface area contributed by atoms with E-state index in [-0.39, 0.29) is 5.04 Å². The van der Waals surface area contributed by atoms with Crippen LogP contribution in [0.2, 0.25) is 5.04 Å². The lowest BCUT2D eigenvalue weighted by atomic mass is 10.0. The van der Waals surface area contributed by atoms with Crippen molar-refractivity contribution in [1.29, 1.82) is 0 Å². The smallest absolute Gasteiger partial charge is 0.261 e. The van der Waals surface area contributed by atoms with Crippen LogP contribution in [0.5, 0.6) is 0 Å². The molecule has 2 aromatic rings. The summed E-state index contributed by atoms with van der Waals surface area (Å²) in [5, 5.41) is 12.6. The standard InChI is InChI=1S/C24H32O4Si/c1-6-24(17-21(25)22(26-5)28-24)18-27-29(23(2,3)4,19-13-9-7-10-14-19)20-15-11-8-12-16-20/h6-16,21-22,25H,1,17-18H2,2-5H3/t21-,22+,24+/m1/s1. The zero-order valence-corrected chi connectivity index (χ0v) is 18.8. The number of hydrogen-bond donors (Lipinski definition) is 1. The fourth-order valence-electron chi connectivity index (χ4n) is 4.29. The normalized spacial score (nSPS) is 25.1. The van der Waals surface area contributed by atoms with Crippen molar-refractivity contribution < 1.29 is 19.0 Å². The Morgan fingerprint density at radius 1 is 1.10 bits per heavy atom. The minimum atomic E-state index is -2.68. The highest BCUT2D eigenvalue weighted by molar-refractivity contribution is 6.99. The van der Waals surface area contributed by atoms with Crippen LogP contribution in [-0.2, 0) is 13.9 Å². The van der Waals surface area contributed by atoms with Crippen molar-refractivity contribution in [1.82, 2.24) is 0 Å². The van der Waals surface area contributed by atoms with Gasteiger partial charge in [-0.1, -0.05) is 87.5 Å². The SMILES string of the molecule is C=C[C@@]1(CO[Si](c2ccccc2)(c2ccccc2)C(C)(C)C)C[C@@H](O)[C@@H](OC)O1. The van der Waals surface area contributed by atoms with Gasteiger partial charge in [-0.2, -0.15) is 0 Å². The molecule has 4 nitrogen and oxygen atoms in total. The third-order valence-electron chi connectivity index (χ3n) is 5.77. The molecule has 0 aromatic heterocycles. The number of methoxy groups -OCH3 is 1. The maximum absolute atomic E-state index is 10.3. The molecule has 0 amide bonds. The van der Waals surface area contributed by atoms with E-state index in [9.17, 15) is 5.11 Å². The van der Waals surface area contributed by atoms with E-state index in [1.165, 1.54) is 17.5 Å². The fraction of sp³-hybridized carbons (Fsp3) is 0.417. The summed E-state index contributed by atoms with van der Waals surface area (Å²) in [6, 6.07) is 21.0. The maximum atomic E-state index is 10.3. The van der Waals surface area contributed by atoms with Crippen LogP contribution in [-0.4, -0.2) is 45.1 Å². The molecule has 0 radical (unpaired) electrons. The summed E-state index contributed by atoms with van der Waals surface area (Å²) in [5.74, 6) is 0. The maximum Gasteiger partial charge on any atom is 0.261 e. The molecule has 1 saturated heterocycles. The highest BCUT2D eigenvalue weighted by atomic mass is 28.4. The van der Waals surface area contributed by atoms with Crippen LogP contribution in [0.1, 0.15) is 27.2 Å². The molecular weight excluding hydrogens is 380 g/mol. The Balaban J connectivity index is 2.06. The zero-order valence-electron chi connectivity index (χ0n) is 17.8. The quantitative estimate of drug-likeness (QED) is 0.560. The molecule has 0 saturated carbocycles. The summed E-state index contributed by atoms with van der Waals surface area (Å²) < 4.78 is 18.3. The van der Waals surface area contributed by atoms with Gasteiger partial charge in [0, 0.05) is 13.5 Å². The molecular formula is C24H32O4Si. The number of rotatable bonds is 7. The van der Waals surface area contributed by atoms with Crippen LogP contribution in [0.4, 0.5) is 0 Å². The van der Waals surface area contributed by atoms with Gasteiger partial charge in [0.05, 0.1) is 6.61 Å². The summed E-state index contributed by atoms with van der Waals surface area (Å²) in [6.07, 6.45) is 0.761. The number of benzene rings is 2. The molecule has 1 aliphatic rings. The van der Waals surface area contributed by atoms with Gasteiger partial charge in [-0.3, -0.25) is 0 Å². The van der Waals surface area contributed by atoms with Gasteiger partial charge < -0.3 is 19.0 Å². The van der Waals surface area contributed by atoms with Crippen LogP contribution in [0.3, 0.4) is 0 Å². The first kappa shape index (κ1) is 21.9. The minimum Gasteiger partial charge on any atom is -0.404 e. The Morgan fingerprint density at radius 3 is 2.00 bits per heavy atom. The van der Waals surface area contributed by atoms with E-state index >= 15 is 0 Å². The lowest BCUT2D eigenvalue weighted by Crippen LogP contribution is -2.67. The second-order valence-electron chi connectivity index (χ2n) is 8.71. The number of hydrogen-bond acceptors (Lipinski definition) is 4. The molecule has 29 heavy (non-hydrogen) atoms. The average molecular weight is 413 g/mol. The van der Waals surface area contributed by atoms with Crippen molar-refractivity contribution in [3.8, 4) is 0 Å². The Labute approximate surface area is 175 Å². The van der Waals surface area contributed by atoms with Crippen molar-refractivity contribution in [3.63, 3.8) is 0 Å². The molecule has 1 aliphatic heterocycles. The van der Waals surface area contributed by atoms with Gasteiger partial charge >= 0.3 is 0 Å². The van der Waals surface area contributed by atoms with Crippen LogP contribution in [0, 0.1) is 0 Å². The molecule has 0 aliphatic carbocycles. The van der Waals surface area contributed by atoms with Crippen LogP contribution >= 0.6 is 0 Å². The molecule has 1 fully saturated rings. The first-order valence-corrected chi connectivity index (χ1v) is 12.0. The lowest BCUT2D eigenvalue weighted by Gasteiger charge is -2.44. The number of aliphatic hydroxyl groups excluding tert-OH is 1. The largest absolute Gasteiger partial charge is 0.404 e. The molecule has 0 unspecified atom stereocenters. The van der Waals surface area contributed by atoms with Crippen molar-refractivity contribution in [2.45, 2.75) is 50.2 Å². The van der Waals surface area contributed by atoms with E-state index in [0.717, 1.165) is 0 Å². The van der Waals surface area contributed by atoms with E-state index < -0.39 is 26.3 Å². The summed E-state index contributed by atoms with van der Waals surface area (Å²) >= 11 is 0. The fourth-order valence-corrected chi connectivity index (χ4v) is 8.91. The molecule has 0 spiro atoms. The third kappa shape index (κ3) is 4.11. The van der Waals surface area contributed by atoms with Gasteiger partial charge in [0.15, 0.2) is 6.29 Å². The van der Waals surface area contributed by atoms with Gasteiger partial charge in [-0.05, 0) is 15.4 Å². The van der Waals surface area contributed by atoms with Crippen LogP contribution < -0.4 is 10.4 Å². The Kier molecular flexibility index (Phi) is 6.46. The first-order chi connectivity index (χ1) is 13.8. The second kappa shape index (κ2) is 8.54. The van der Waals surface area contributed by atoms with Crippen molar-refractivity contribution >= 4 is 18.7 Å². The van der Waals surface area contributed by atoms with Crippen molar-refractivity contribution in [2.24, 2.45) is 0 Å². The van der Waals surface area contributed by atoms with Crippen molar-refractivity contribution in [3.05, 3.63) is 73.3 Å². The van der Waals surface area contributed by atoms with Crippen LogP contribution in [0.15, 0.2) is 73.3 Å². The van der Waals surface area contributed by atoms with E-state index in [0.29, 0.717) is 13.0 Å². The molecule has 3 rings (SSSR count). The Bertz CT molecular complexity index is 763. The number of ether oxygens (including phenoxy) is 2. The summed E-state index contributed by atoms with van der Waals surface area (Å²) in [7, 11) is -1.15. The predicted octanol–water partition coefficient (Wildman–Crippen LogP) is 3.24. The van der Waals surface area contributed by atoms with Gasteiger partial charge in [0.2, 0.25) is 0 Å². The highest BCUT2D eigenvalue weighted by Gasteiger charge is 2.53. The predicted molar refractivity (Wildman–Crippen MR) is 119 cm³/mol. The molecule has 1 N–H and O–H groups in total. The monoisotopic (exact) mass is 412 g/mol.